The molecule has 2 N–H and O–H groups in total. The van der Waals surface area contributed by atoms with E-state index < -0.39 is 0 Å². The molecule has 0 atom stereocenters. The molecule has 0 radical (unpaired) electrons. The van der Waals surface area contributed by atoms with Gasteiger partial charge in [0.25, 0.3) is 0 Å². The number of methoxy groups -OCH3 is 1. The molecule has 0 aliphatic heterocycles. The van der Waals surface area contributed by atoms with Crippen molar-refractivity contribution in [2.24, 2.45) is 0 Å². The fourth-order valence-electron chi connectivity index (χ4n) is 1.23. The van der Waals surface area contributed by atoms with E-state index in [1.807, 2.05) is 6.07 Å². The summed E-state index contributed by atoms with van der Waals surface area (Å²) in [6, 6.07) is 5.38. The maximum Gasteiger partial charge on any atom is 0.224 e. The standard InChI is InChI=1S/C11H14BrNO3/c1-16-10-5-4-8(12)7-9(10)13-11(15)3-2-6-14/h4-5,7,14H,2-3,6H2,1H3,(H,13,15). The van der Waals surface area contributed by atoms with Crippen LogP contribution in [0.5, 0.6) is 5.75 Å². The van der Waals surface area contributed by atoms with E-state index in [1.165, 1.54) is 0 Å². The smallest absolute Gasteiger partial charge is 0.224 e. The molecule has 1 aromatic rings. The Hall–Kier alpha value is -1.07. The lowest BCUT2D eigenvalue weighted by molar-refractivity contribution is -0.116. The minimum absolute atomic E-state index is 0.0169. The highest BCUT2D eigenvalue weighted by atomic mass is 79.9. The first kappa shape index (κ1) is 13.0. The molecule has 0 unspecified atom stereocenters. The van der Waals surface area contributed by atoms with Gasteiger partial charge in [0, 0.05) is 17.5 Å². The maximum absolute atomic E-state index is 11.5. The highest BCUT2D eigenvalue weighted by Crippen LogP contribution is 2.27. The van der Waals surface area contributed by atoms with Gasteiger partial charge in [0.1, 0.15) is 5.75 Å². The molecule has 0 spiro atoms. The normalized spacial score (nSPS) is 9.94. The molecule has 0 aliphatic rings. The zero-order valence-electron chi connectivity index (χ0n) is 9.00. The lowest BCUT2D eigenvalue weighted by atomic mass is 10.2. The molecule has 0 fully saturated rings. The van der Waals surface area contributed by atoms with E-state index in [2.05, 4.69) is 21.2 Å². The van der Waals surface area contributed by atoms with Crippen molar-refractivity contribution in [2.45, 2.75) is 12.8 Å². The van der Waals surface area contributed by atoms with Gasteiger partial charge in [-0.05, 0) is 24.6 Å². The van der Waals surface area contributed by atoms with Crippen LogP contribution in [0.4, 0.5) is 5.69 Å². The second-order valence-corrected chi connectivity index (χ2v) is 4.14. The fraction of sp³-hybridized carbons (Fsp3) is 0.364. The summed E-state index contributed by atoms with van der Waals surface area (Å²) in [5.74, 6) is 0.478. The summed E-state index contributed by atoms with van der Waals surface area (Å²) >= 11 is 3.32. The van der Waals surface area contributed by atoms with Crippen LogP contribution in [0.3, 0.4) is 0 Å². The van der Waals surface area contributed by atoms with Crippen LogP contribution in [0.2, 0.25) is 0 Å². The number of ether oxygens (including phenoxy) is 1. The fourth-order valence-corrected chi connectivity index (χ4v) is 1.59. The van der Waals surface area contributed by atoms with E-state index in [1.54, 1.807) is 19.2 Å². The Kier molecular flexibility index (Phi) is 5.28. The molecule has 1 rings (SSSR count). The number of rotatable bonds is 5. The van der Waals surface area contributed by atoms with Crippen molar-refractivity contribution in [3.05, 3.63) is 22.7 Å². The summed E-state index contributed by atoms with van der Waals surface area (Å²) < 4.78 is 5.99. The number of carbonyl (C=O) groups excluding carboxylic acids is 1. The minimum atomic E-state index is -0.134. The first-order valence-corrected chi connectivity index (χ1v) is 5.71. The molecule has 4 nitrogen and oxygen atoms in total. The predicted molar refractivity (Wildman–Crippen MR) is 65.6 cm³/mol. The van der Waals surface area contributed by atoms with E-state index in [9.17, 15) is 4.79 Å². The Labute approximate surface area is 103 Å². The number of amides is 1. The van der Waals surface area contributed by atoms with E-state index in [4.69, 9.17) is 9.84 Å². The van der Waals surface area contributed by atoms with Gasteiger partial charge in [-0.25, -0.2) is 0 Å². The van der Waals surface area contributed by atoms with Gasteiger partial charge in [0.15, 0.2) is 0 Å². The molecule has 0 heterocycles. The van der Waals surface area contributed by atoms with Gasteiger partial charge in [-0.3, -0.25) is 4.79 Å². The van der Waals surface area contributed by atoms with Gasteiger partial charge in [-0.15, -0.1) is 0 Å². The Bertz CT molecular complexity index is 368. The molecule has 0 bridgehead atoms. The molecule has 1 amide bonds. The number of hydrogen-bond acceptors (Lipinski definition) is 3. The summed E-state index contributed by atoms with van der Waals surface area (Å²) in [4.78, 5) is 11.5. The molecular formula is C11H14BrNO3. The summed E-state index contributed by atoms with van der Waals surface area (Å²) in [7, 11) is 1.55. The zero-order valence-corrected chi connectivity index (χ0v) is 10.6. The average molecular weight is 288 g/mol. The largest absolute Gasteiger partial charge is 0.495 e. The van der Waals surface area contributed by atoms with Crippen molar-refractivity contribution in [3.8, 4) is 5.75 Å². The van der Waals surface area contributed by atoms with Crippen molar-refractivity contribution in [3.63, 3.8) is 0 Å². The van der Waals surface area contributed by atoms with Gasteiger partial charge in [-0.1, -0.05) is 15.9 Å². The number of hydrogen-bond donors (Lipinski definition) is 2. The van der Waals surface area contributed by atoms with Crippen LogP contribution in [-0.4, -0.2) is 24.7 Å². The highest BCUT2D eigenvalue weighted by Gasteiger charge is 2.07. The number of carbonyl (C=O) groups is 1. The summed E-state index contributed by atoms with van der Waals surface area (Å²) in [5, 5.41) is 11.3. The van der Waals surface area contributed by atoms with Gasteiger partial charge in [-0.2, -0.15) is 0 Å². The quantitative estimate of drug-likeness (QED) is 0.873. The molecule has 0 aliphatic carbocycles. The first-order chi connectivity index (χ1) is 7.67. The van der Waals surface area contributed by atoms with E-state index >= 15 is 0 Å². The van der Waals surface area contributed by atoms with Gasteiger partial charge in [0.2, 0.25) is 5.91 Å². The Morgan fingerprint density at radius 3 is 2.94 bits per heavy atom. The highest BCUT2D eigenvalue weighted by molar-refractivity contribution is 9.10. The van der Waals surface area contributed by atoms with Crippen LogP contribution in [0.25, 0.3) is 0 Å². The van der Waals surface area contributed by atoms with Crippen LogP contribution in [0.1, 0.15) is 12.8 Å². The summed E-state index contributed by atoms with van der Waals surface area (Å²) in [6.07, 6.45) is 0.758. The van der Waals surface area contributed by atoms with Gasteiger partial charge < -0.3 is 15.2 Å². The molecule has 5 heteroatoms. The lowest BCUT2D eigenvalue weighted by Gasteiger charge is -2.10. The number of benzene rings is 1. The summed E-state index contributed by atoms with van der Waals surface area (Å²) in [5.41, 5.74) is 0.625. The van der Waals surface area contributed by atoms with Crippen molar-refractivity contribution >= 4 is 27.5 Å². The molecule has 16 heavy (non-hydrogen) atoms. The second-order valence-electron chi connectivity index (χ2n) is 3.22. The van der Waals surface area contributed by atoms with Crippen LogP contribution >= 0.6 is 15.9 Å². The molecular weight excluding hydrogens is 274 g/mol. The lowest BCUT2D eigenvalue weighted by Crippen LogP contribution is -2.12. The molecule has 0 aromatic heterocycles. The number of aliphatic hydroxyl groups is 1. The molecule has 0 saturated carbocycles. The zero-order chi connectivity index (χ0) is 12.0. The van der Waals surface area contributed by atoms with Crippen LogP contribution in [0, 0.1) is 0 Å². The first-order valence-electron chi connectivity index (χ1n) is 4.91. The Balaban J connectivity index is 2.71. The van der Waals surface area contributed by atoms with E-state index in [0.29, 0.717) is 24.3 Å². The monoisotopic (exact) mass is 287 g/mol. The van der Waals surface area contributed by atoms with Gasteiger partial charge >= 0.3 is 0 Å². The third-order valence-corrected chi connectivity index (χ3v) is 2.49. The van der Waals surface area contributed by atoms with Crippen molar-refractivity contribution < 1.29 is 14.6 Å². The van der Waals surface area contributed by atoms with E-state index in [-0.39, 0.29) is 12.5 Å². The average Bonchev–Trinajstić information content (AvgIpc) is 2.27. The van der Waals surface area contributed by atoms with Crippen molar-refractivity contribution in [1.29, 1.82) is 0 Å². The number of halogens is 1. The van der Waals surface area contributed by atoms with Crippen molar-refractivity contribution in [1.82, 2.24) is 0 Å². The third kappa shape index (κ3) is 3.83. The van der Waals surface area contributed by atoms with Crippen LogP contribution in [0.15, 0.2) is 22.7 Å². The topological polar surface area (TPSA) is 58.6 Å². The number of aliphatic hydroxyl groups excluding tert-OH is 1. The summed E-state index contributed by atoms with van der Waals surface area (Å²) in [6.45, 7) is 0.0169. The van der Waals surface area contributed by atoms with Gasteiger partial charge in [0.05, 0.1) is 12.8 Å². The van der Waals surface area contributed by atoms with Crippen LogP contribution in [-0.2, 0) is 4.79 Å². The number of anilines is 1. The van der Waals surface area contributed by atoms with Crippen molar-refractivity contribution in [2.75, 3.05) is 19.0 Å². The third-order valence-electron chi connectivity index (χ3n) is 2.00. The predicted octanol–water partition coefficient (Wildman–Crippen LogP) is 2.17. The van der Waals surface area contributed by atoms with Crippen LogP contribution < -0.4 is 10.1 Å². The molecule has 1 aromatic carbocycles. The minimum Gasteiger partial charge on any atom is -0.495 e. The maximum atomic E-state index is 11.5. The van der Waals surface area contributed by atoms with E-state index in [0.717, 1.165) is 4.47 Å². The SMILES string of the molecule is COc1ccc(Br)cc1NC(=O)CCCO. The second kappa shape index (κ2) is 6.50. The molecule has 0 saturated heterocycles. The Morgan fingerprint density at radius 1 is 1.56 bits per heavy atom. The molecule has 88 valence electrons. The number of nitrogens with one attached hydrogen (secondary N) is 1. The Morgan fingerprint density at radius 2 is 2.31 bits per heavy atom.